The van der Waals surface area contributed by atoms with Crippen LogP contribution in [0.4, 0.5) is 5.69 Å². The van der Waals surface area contributed by atoms with Crippen molar-refractivity contribution in [2.45, 2.75) is 46.0 Å². The molecule has 1 aliphatic rings. The van der Waals surface area contributed by atoms with Crippen molar-refractivity contribution in [3.05, 3.63) is 50.7 Å². The highest BCUT2D eigenvalue weighted by Gasteiger charge is 2.18. The van der Waals surface area contributed by atoms with E-state index in [0.29, 0.717) is 10.6 Å². The Kier molecular flexibility index (Phi) is 5.53. The molecule has 1 N–H and O–H groups in total. The molecule has 0 atom stereocenters. The second-order valence-electron chi connectivity index (χ2n) is 6.54. The van der Waals surface area contributed by atoms with Gasteiger partial charge in [-0.25, -0.2) is 4.79 Å². The number of anilines is 1. The molecule has 2 aromatic rings. The Balaban J connectivity index is 1.55. The van der Waals surface area contributed by atoms with Crippen LogP contribution < -0.4 is 5.32 Å². The largest absolute Gasteiger partial charge is 0.451 e. The molecule has 0 bridgehead atoms. The molecular weight excluding hydrogens is 334 g/mol. The number of nitrogens with one attached hydrogen (secondary N) is 1. The van der Waals surface area contributed by atoms with Gasteiger partial charge in [-0.05, 0) is 74.4 Å². The lowest BCUT2D eigenvalue weighted by molar-refractivity contribution is -0.119. The molecule has 0 aliphatic heterocycles. The SMILES string of the molecule is Cc1ccc(NC(=O)COC(=O)c2cc3c(s2)CCCCC3)cc1C. The number of esters is 1. The van der Waals surface area contributed by atoms with Crippen LogP contribution in [0.3, 0.4) is 0 Å². The topological polar surface area (TPSA) is 55.4 Å². The van der Waals surface area contributed by atoms with E-state index in [-0.39, 0.29) is 12.5 Å². The molecule has 5 heteroatoms. The van der Waals surface area contributed by atoms with Crippen molar-refractivity contribution < 1.29 is 14.3 Å². The first-order chi connectivity index (χ1) is 12.0. The smallest absolute Gasteiger partial charge is 0.348 e. The van der Waals surface area contributed by atoms with Gasteiger partial charge >= 0.3 is 5.97 Å². The number of hydrogen-bond donors (Lipinski definition) is 1. The third-order valence-corrected chi connectivity index (χ3v) is 5.79. The van der Waals surface area contributed by atoms with Crippen molar-refractivity contribution in [1.82, 2.24) is 0 Å². The van der Waals surface area contributed by atoms with Crippen LogP contribution in [0, 0.1) is 13.8 Å². The van der Waals surface area contributed by atoms with E-state index in [0.717, 1.165) is 18.4 Å². The zero-order chi connectivity index (χ0) is 17.8. The quantitative estimate of drug-likeness (QED) is 0.650. The molecule has 3 rings (SSSR count). The number of amides is 1. The van der Waals surface area contributed by atoms with Gasteiger partial charge in [-0.15, -0.1) is 11.3 Å². The molecule has 1 aliphatic carbocycles. The average Bonchev–Trinajstić information content (AvgIpc) is 2.87. The lowest BCUT2D eigenvalue weighted by atomic mass is 10.1. The van der Waals surface area contributed by atoms with Crippen LogP contribution >= 0.6 is 11.3 Å². The normalized spacial score (nSPS) is 13.7. The third kappa shape index (κ3) is 4.48. The van der Waals surface area contributed by atoms with Gasteiger partial charge in [-0.1, -0.05) is 12.5 Å². The van der Waals surface area contributed by atoms with E-state index in [1.807, 2.05) is 38.1 Å². The van der Waals surface area contributed by atoms with Crippen LogP contribution in [0.1, 0.15) is 50.5 Å². The summed E-state index contributed by atoms with van der Waals surface area (Å²) in [4.78, 5) is 26.1. The Hall–Kier alpha value is -2.14. The first-order valence-corrected chi connectivity index (χ1v) is 9.50. The monoisotopic (exact) mass is 357 g/mol. The number of hydrogen-bond acceptors (Lipinski definition) is 4. The predicted octanol–water partition coefficient (Wildman–Crippen LogP) is 4.43. The fourth-order valence-corrected chi connectivity index (χ4v) is 4.13. The van der Waals surface area contributed by atoms with Crippen LogP contribution in [0.15, 0.2) is 24.3 Å². The fraction of sp³-hybridized carbons (Fsp3) is 0.400. The summed E-state index contributed by atoms with van der Waals surface area (Å²) in [5.74, 6) is -0.733. The van der Waals surface area contributed by atoms with Crippen molar-refractivity contribution in [3.63, 3.8) is 0 Å². The molecule has 0 radical (unpaired) electrons. The van der Waals surface area contributed by atoms with E-state index < -0.39 is 5.97 Å². The summed E-state index contributed by atoms with van der Waals surface area (Å²) in [6.45, 7) is 3.74. The molecule has 1 aromatic heterocycles. The lowest BCUT2D eigenvalue weighted by Crippen LogP contribution is -2.20. The summed E-state index contributed by atoms with van der Waals surface area (Å²) in [6.07, 6.45) is 5.68. The summed E-state index contributed by atoms with van der Waals surface area (Å²) in [5, 5.41) is 2.76. The minimum absolute atomic E-state index is 0.270. The molecule has 4 nitrogen and oxygen atoms in total. The second kappa shape index (κ2) is 7.83. The minimum Gasteiger partial charge on any atom is -0.451 e. The molecule has 0 saturated carbocycles. The van der Waals surface area contributed by atoms with Crippen molar-refractivity contribution in [2.75, 3.05) is 11.9 Å². The van der Waals surface area contributed by atoms with E-state index in [9.17, 15) is 9.59 Å². The number of ether oxygens (including phenoxy) is 1. The maximum Gasteiger partial charge on any atom is 0.348 e. The van der Waals surface area contributed by atoms with Crippen LogP contribution in [-0.4, -0.2) is 18.5 Å². The van der Waals surface area contributed by atoms with Crippen molar-refractivity contribution in [2.24, 2.45) is 0 Å². The number of fused-ring (bicyclic) bond motifs is 1. The van der Waals surface area contributed by atoms with E-state index in [1.165, 1.54) is 46.6 Å². The number of thiophene rings is 1. The minimum atomic E-state index is -0.409. The Morgan fingerprint density at radius 3 is 2.68 bits per heavy atom. The van der Waals surface area contributed by atoms with E-state index >= 15 is 0 Å². The maximum atomic E-state index is 12.2. The summed E-state index contributed by atoms with van der Waals surface area (Å²) in [5.41, 5.74) is 4.26. The Labute approximate surface area is 152 Å². The van der Waals surface area contributed by atoms with E-state index in [2.05, 4.69) is 5.32 Å². The van der Waals surface area contributed by atoms with Crippen molar-refractivity contribution in [3.8, 4) is 0 Å². The van der Waals surface area contributed by atoms with Gasteiger partial charge in [0.1, 0.15) is 4.88 Å². The van der Waals surface area contributed by atoms with Crippen LogP contribution in [0.2, 0.25) is 0 Å². The number of carbonyl (C=O) groups excluding carboxylic acids is 2. The Morgan fingerprint density at radius 2 is 1.88 bits per heavy atom. The first-order valence-electron chi connectivity index (χ1n) is 8.69. The van der Waals surface area contributed by atoms with Crippen LogP contribution in [0.25, 0.3) is 0 Å². The van der Waals surface area contributed by atoms with Gasteiger partial charge in [-0.2, -0.15) is 0 Å². The highest BCUT2D eigenvalue weighted by Crippen LogP contribution is 2.29. The molecule has 1 amide bonds. The fourth-order valence-electron chi connectivity index (χ4n) is 2.99. The number of benzene rings is 1. The number of carbonyl (C=O) groups is 2. The second-order valence-corrected chi connectivity index (χ2v) is 7.68. The van der Waals surface area contributed by atoms with Gasteiger partial charge < -0.3 is 10.1 Å². The number of aryl methyl sites for hydroxylation is 4. The first kappa shape index (κ1) is 17.7. The summed E-state index contributed by atoms with van der Waals surface area (Å²) < 4.78 is 5.18. The molecule has 0 saturated heterocycles. The third-order valence-electron chi connectivity index (χ3n) is 4.57. The van der Waals surface area contributed by atoms with Gasteiger partial charge in [0, 0.05) is 10.6 Å². The lowest BCUT2D eigenvalue weighted by Gasteiger charge is -2.08. The standard InChI is InChI=1S/C20H23NO3S/c1-13-8-9-16(10-14(13)2)21-19(22)12-24-20(23)18-11-15-6-4-3-5-7-17(15)25-18/h8-11H,3-7,12H2,1-2H3,(H,21,22). The summed E-state index contributed by atoms with van der Waals surface area (Å²) in [7, 11) is 0. The molecule has 0 spiro atoms. The van der Waals surface area contributed by atoms with Crippen LogP contribution in [-0.2, 0) is 22.4 Å². The van der Waals surface area contributed by atoms with Crippen LogP contribution in [0.5, 0.6) is 0 Å². The summed E-state index contributed by atoms with van der Waals surface area (Å²) >= 11 is 1.51. The molecule has 0 unspecified atom stereocenters. The Morgan fingerprint density at radius 1 is 1.08 bits per heavy atom. The van der Waals surface area contributed by atoms with E-state index in [4.69, 9.17) is 4.74 Å². The predicted molar refractivity (Wildman–Crippen MR) is 100 cm³/mol. The molecular formula is C20H23NO3S. The zero-order valence-electron chi connectivity index (χ0n) is 14.7. The molecule has 25 heavy (non-hydrogen) atoms. The molecule has 132 valence electrons. The highest BCUT2D eigenvalue weighted by molar-refractivity contribution is 7.14. The summed E-state index contributed by atoms with van der Waals surface area (Å²) in [6, 6.07) is 7.65. The van der Waals surface area contributed by atoms with Gasteiger partial charge in [0.15, 0.2) is 6.61 Å². The highest BCUT2D eigenvalue weighted by atomic mass is 32.1. The van der Waals surface area contributed by atoms with Crippen molar-refractivity contribution >= 4 is 28.9 Å². The molecule has 1 heterocycles. The Bertz CT molecular complexity index is 771. The number of rotatable bonds is 4. The molecule has 0 fully saturated rings. The van der Waals surface area contributed by atoms with Gasteiger partial charge in [0.2, 0.25) is 0 Å². The van der Waals surface area contributed by atoms with E-state index in [1.54, 1.807) is 0 Å². The zero-order valence-corrected chi connectivity index (χ0v) is 15.5. The van der Waals surface area contributed by atoms with Gasteiger partial charge in [-0.3, -0.25) is 4.79 Å². The maximum absolute atomic E-state index is 12.2. The van der Waals surface area contributed by atoms with Gasteiger partial charge in [0.25, 0.3) is 5.91 Å². The van der Waals surface area contributed by atoms with Crippen molar-refractivity contribution in [1.29, 1.82) is 0 Å². The molecule has 1 aromatic carbocycles. The average molecular weight is 357 g/mol. The van der Waals surface area contributed by atoms with Gasteiger partial charge in [0.05, 0.1) is 0 Å².